The number of para-hydroxylation sites is 1. The van der Waals surface area contributed by atoms with E-state index in [1.54, 1.807) is 42.5 Å². The number of carbonyl (C=O) groups is 1. The maximum absolute atomic E-state index is 12.3. The molecule has 0 unspecified atom stereocenters. The van der Waals surface area contributed by atoms with Crippen LogP contribution in [0.15, 0.2) is 100 Å². The van der Waals surface area contributed by atoms with Gasteiger partial charge in [-0.2, -0.15) is 13.5 Å². The number of amidine groups is 1. The van der Waals surface area contributed by atoms with E-state index in [1.165, 1.54) is 35.0 Å². The number of rotatable bonds is 6. The first-order chi connectivity index (χ1) is 15.0. The third-order valence-electron chi connectivity index (χ3n) is 4.25. The molecule has 0 radical (unpaired) electrons. The third-order valence-corrected chi connectivity index (χ3v) is 6.42. The Labute approximate surface area is 184 Å². The van der Waals surface area contributed by atoms with Crippen molar-refractivity contribution in [1.82, 2.24) is 0 Å². The quantitative estimate of drug-likeness (QED) is 0.322. The molecule has 7 nitrogen and oxygen atoms in total. The second-order valence-electron chi connectivity index (χ2n) is 6.40. The molecule has 1 amide bonds. The van der Waals surface area contributed by atoms with Crippen LogP contribution in [0.4, 0.5) is 5.69 Å². The van der Waals surface area contributed by atoms with Crippen molar-refractivity contribution in [3.63, 3.8) is 0 Å². The van der Waals surface area contributed by atoms with Gasteiger partial charge >= 0.3 is 10.1 Å². The molecule has 0 saturated carbocycles. The largest absolute Gasteiger partial charge is 0.379 e. The molecule has 3 aromatic carbocycles. The van der Waals surface area contributed by atoms with E-state index in [1.807, 2.05) is 30.3 Å². The number of amides is 1. The second-order valence-corrected chi connectivity index (χ2v) is 8.89. The molecule has 9 heteroatoms. The molecular formula is C22H17N3O4S2. The minimum absolute atomic E-state index is 0.0497. The average Bonchev–Trinajstić information content (AvgIpc) is 3.16. The summed E-state index contributed by atoms with van der Waals surface area (Å²) in [5.41, 5.74) is 1.45. The van der Waals surface area contributed by atoms with Gasteiger partial charge in [0.05, 0.1) is 17.7 Å². The van der Waals surface area contributed by atoms with Gasteiger partial charge < -0.3 is 4.18 Å². The maximum Gasteiger partial charge on any atom is 0.339 e. The fourth-order valence-electron chi connectivity index (χ4n) is 2.78. The zero-order valence-electron chi connectivity index (χ0n) is 16.2. The molecule has 0 spiro atoms. The van der Waals surface area contributed by atoms with E-state index in [0.29, 0.717) is 16.5 Å². The molecule has 1 aliphatic rings. The summed E-state index contributed by atoms with van der Waals surface area (Å²) < 4.78 is 29.7. The molecule has 0 N–H and O–H groups in total. The standard InChI is InChI=1S/C22H17N3O4S2/c26-21-16-30-22(25(21)18-7-3-1-4-8-18)24-23-15-17-11-13-19(14-12-17)29-31(27,28)20-9-5-2-6-10-20/h1-15H,16H2/b23-15+,24-22+. The Hall–Kier alpha value is -3.43. The number of carbonyl (C=O) groups excluding carboxylic acids is 1. The molecule has 3 aromatic rings. The lowest BCUT2D eigenvalue weighted by atomic mass is 10.2. The van der Waals surface area contributed by atoms with Crippen LogP contribution in [0.5, 0.6) is 5.75 Å². The Balaban J connectivity index is 1.45. The van der Waals surface area contributed by atoms with Crippen LogP contribution in [0.2, 0.25) is 0 Å². The van der Waals surface area contributed by atoms with Crippen LogP contribution >= 0.6 is 11.8 Å². The van der Waals surface area contributed by atoms with Gasteiger partial charge in [0.1, 0.15) is 10.6 Å². The first-order valence-electron chi connectivity index (χ1n) is 9.24. The molecular weight excluding hydrogens is 434 g/mol. The Bertz CT molecular complexity index is 1230. The molecule has 1 saturated heterocycles. The summed E-state index contributed by atoms with van der Waals surface area (Å²) in [6.07, 6.45) is 1.52. The monoisotopic (exact) mass is 451 g/mol. The van der Waals surface area contributed by atoms with Crippen molar-refractivity contribution in [2.24, 2.45) is 10.2 Å². The summed E-state index contributed by atoms with van der Waals surface area (Å²) in [7, 11) is -3.89. The average molecular weight is 452 g/mol. The molecule has 0 aromatic heterocycles. The van der Waals surface area contributed by atoms with Crippen LogP contribution in [0.3, 0.4) is 0 Å². The summed E-state index contributed by atoms with van der Waals surface area (Å²) in [6.45, 7) is 0. The van der Waals surface area contributed by atoms with E-state index in [2.05, 4.69) is 10.2 Å². The third kappa shape index (κ3) is 5.01. The topological polar surface area (TPSA) is 88.4 Å². The van der Waals surface area contributed by atoms with Crippen molar-refractivity contribution in [2.45, 2.75) is 4.90 Å². The van der Waals surface area contributed by atoms with E-state index < -0.39 is 10.1 Å². The zero-order valence-corrected chi connectivity index (χ0v) is 17.8. The summed E-state index contributed by atoms with van der Waals surface area (Å²) in [4.78, 5) is 13.8. The Morgan fingerprint density at radius 3 is 2.23 bits per heavy atom. The van der Waals surface area contributed by atoms with Crippen LogP contribution in [0.25, 0.3) is 0 Å². The van der Waals surface area contributed by atoms with Crippen LogP contribution in [0, 0.1) is 0 Å². The number of nitrogens with zero attached hydrogens (tertiary/aromatic N) is 3. The number of benzene rings is 3. The van der Waals surface area contributed by atoms with Crippen molar-refractivity contribution in [3.8, 4) is 5.75 Å². The van der Waals surface area contributed by atoms with Gasteiger partial charge in [-0.25, -0.2) is 0 Å². The van der Waals surface area contributed by atoms with Crippen molar-refractivity contribution < 1.29 is 17.4 Å². The minimum atomic E-state index is -3.89. The number of hydrogen-bond donors (Lipinski definition) is 0. The van der Waals surface area contributed by atoms with Gasteiger partial charge in [-0.3, -0.25) is 9.69 Å². The number of anilines is 1. The normalized spacial score (nSPS) is 15.7. The Morgan fingerprint density at radius 1 is 0.903 bits per heavy atom. The van der Waals surface area contributed by atoms with Crippen LogP contribution in [0.1, 0.15) is 5.56 Å². The fraction of sp³-hybridized carbons (Fsp3) is 0.0455. The van der Waals surface area contributed by atoms with Crippen molar-refractivity contribution in [1.29, 1.82) is 0 Å². The number of thioether (sulfide) groups is 1. The van der Waals surface area contributed by atoms with Gasteiger partial charge in [0.15, 0.2) is 5.17 Å². The van der Waals surface area contributed by atoms with Gasteiger partial charge in [0, 0.05) is 0 Å². The van der Waals surface area contributed by atoms with Crippen molar-refractivity contribution in [2.75, 3.05) is 10.7 Å². The fourth-order valence-corrected chi connectivity index (χ4v) is 4.56. The van der Waals surface area contributed by atoms with Crippen molar-refractivity contribution >= 4 is 44.9 Å². The van der Waals surface area contributed by atoms with E-state index in [9.17, 15) is 13.2 Å². The first-order valence-corrected chi connectivity index (χ1v) is 11.6. The summed E-state index contributed by atoms with van der Waals surface area (Å²) >= 11 is 1.32. The molecule has 4 rings (SSSR count). The van der Waals surface area contributed by atoms with Gasteiger partial charge in [-0.15, -0.1) is 5.10 Å². The van der Waals surface area contributed by atoms with Crippen molar-refractivity contribution in [3.05, 3.63) is 90.5 Å². The molecule has 0 aliphatic carbocycles. The molecule has 156 valence electrons. The maximum atomic E-state index is 12.3. The summed E-state index contributed by atoms with van der Waals surface area (Å²) in [5, 5.41) is 8.75. The van der Waals surface area contributed by atoms with Gasteiger partial charge in [0.2, 0.25) is 5.91 Å². The number of hydrogen-bond acceptors (Lipinski definition) is 7. The lowest BCUT2D eigenvalue weighted by Gasteiger charge is -2.14. The Kier molecular flexibility index (Phi) is 6.15. The lowest BCUT2D eigenvalue weighted by molar-refractivity contribution is -0.115. The Morgan fingerprint density at radius 2 is 1.55 bits per heavy atom. The van der Waals surface area contributed by atoms with Crippen LogP contribution in [-0.4, -0.2) is 31.5 Å². The molecule has 31 heavy (non-hydrogen) atoms. The highest BCUT2D eigenvalue weighted by Gasteiger charge is 2.29. The highest BCUT2D eigenvalue weighted by Crippen LogP contribution is 2.26. The predicted octanol–water partition coefficient (Wildman–Crippen LogP) is 3.92. The predicted molar refractivity (Wildman–Crippen MR) is 122 cm³/mol. The zero-order chi connectivity index (χ0) is 21.7. The SMILES string of the molecule is O=C1CS/C(=N/N=C/c2ccc(OS(=O)(=O)c3ccccc3)cc2)N1c1ccccc1. The summed E-state index contributed by atoms with van der Waals surface area (Å²) in [5.74, 6) is 0.455. The van der Waals surface area contributed by atoms with Crippen LogP contribution in [-0.2, 0) is 14.9 Å². The highest BCUT2D eigenvalue weighted by atomic mass is 32.2. The van der Waals surface area contributed by atoms with E-state index in [-0.39, 0.29) is 16.6 Å². The minimum Gasteiger partial charge on any atom is -0.379 e. The smallest absolute Gasteiger partial charge is 0.339 e. The summed E-state index contributed by atoms with van der Waals surface area (Å²) in [6, 6.07) is 23.6. The second kappa shape index (κ2) is 9.15. The van der Waals surface area contributed by atoms with Crippen LogP contribution < -0.4 is 9.08 Å². The molecule has 0 bridgehead atoms. The lowest BCUT2D eigenvalue weighted by Crippen LogP contribution is -2.28. The highest BCUT2D eigenvalue weighted by molar-refractivity contribution is 8.15. The van der Waals surface area contributed by atoms with E-state index >= 15 is 0 Å². The molecule has 1 heterocycles. The molecule has 1 aliphatic heterocycles. The molecule has 0 atom stereocenters. The molecule has 1 fully saturated rings. The van der Waals surface area contributed by atoms with E-state index in [0.717, 1.165) is 5.69 Å². The van der Waals surface area contributed by atoms with Gasteiger partial charge in [-0.05, 0) is 54.1 Å². The van der Waals surface area contributed by atoms with Gasteiger partial charge in [-0.1, -0.05) is 48.2 Å². The first kappa shape index (κ1) is 20.8. The van der Waals surface area contributed by atoms with E-state index in [4.69, 9.17) is 4.18 Å². The van der Waals surface area contributed by atoms with Gasteiger partial charge in [0.25, 0.3) is 0 Å².